The number of ether oxygens (including phenoxy) is 1. The molecule has 0 bridgehead atoms. The molecule has 1 aliphatic carbocycles. The molecule has 0 amide bonds. The molecule has 4 nitrogen and oxygen atoms in total. The fraction of sp³-hybridized carbons (Fsp3) is 0.500. The summed E-state index contributed by atoms with van der Waals surface area (Å²) in [5.41, 5.74) is 5.45. The molecule has 4 heteroatoms. The Morgan fingerprint density at radius 2 is 1.92 bits per heavy atom. The molecule has 1 aromatic carbocycles. The maximum Gasteiger partial charge on any atom is 0.124 e. The van der Waals surface area contributed by atoms with Crippen molar-refractivity contribution in [3.8, 4) is 5.75 Å². The van der Waals surface area contributed by atoms with Crippen LogP contribution in [0.3, 0.4) is 0 Å². The second kappa shape index (κ2) is 7.77. The van der Waals surface area contributed by atoms with Crippen molar-refractivity contribution >= 4 is 0 Å². The van der Waals surface area contributed by atoms with Crippen LogP contribution < -0.4 is 4.74 Å². The Labute approximate surface area is 155 Å². The van der Waals surface area contributed by atoms with Gasteiger partial charge in [-0.1, -0.05) is 6.07 Å². The summed E-state index contributed by atoms with van der Waals surface area (Å²) in [6.07, 6.45) is 7.89. The number of aromatic nitrogens is 1. The smallest absolute Gasteiger partial charge is 0.124 e. The van der Waals surface area contributed by atoms with E-state index in [1.165, 1.54) is 41.5 Å². The van der Waals surface area contributed by atoms with Gasteiger partial charge in [-0.05, 0) is 67.5 Å². The average Bonchev–Trinajstić information content (AvgIpc) is 3.22. The molecule has 2 atom stereocenters. The average molecular weight is 352 g/mol. The van der Waals surface area contributed by atoms with E-state index in [1.807, 2.05) is 31.5 Å². The number of hydrogen-bond acceptors (Lipinski definition) is 4. The largest absolute Gasteiger partial charge is 0.494 e. The number of rotatable bonds is 6. The van der Waals surface area contributed by atoms with Gasteiger partial charge in [0.25, 0.3) is 0 Å². The molecule has 138 valence electrons. The van der Waals surface area contributed by atoms with Crippen LogP contribution in [-0.2, 0) is 25.8 Å². The Bertz CT molecular complexity index is 747. The molecule has 2 aliphatic rings. The number of aliphatic hydroxyl groups excluding tert-OH is 1. The molecule has 1 aromatic heterocycles. The van der Waals surface area contributed by atoms with Crippen LogP contribution in [0.15, 0.2) is 36.7 Å². The van der Waals surface area contributed by atoms with Crippen molar-refractivity contribution in [1.29, 1.82) is 0 Å². The Kier molecular flexibility index (Phi) is 5.23. The third kappa shape index (κ3) is 3.76. The Morgan fingerprint density at radius 1 is 1.15 bits per heavy atom. The molecule has 1 N–H and O–H groups in total. The third-order valence-electron chi connectivity index (χ3n) is 5.70. The van der Waals surface area contributed by atoms with Gasteiger partial charge in [0.1, 0.15) is 5.75 Å². The Morgan fingerprint density at radius 3 is 2.69 bits per heavy atom. The van der Waals surface area contributed by atoms with E-state index in [2.05, 4.69) is 22.0 Å². The first-order valence-corrected chi connectivity index (χ1v) is 9.79. The van der Waals surface area contributed by atoms with Crippen LogP contribution in [-0.4, -0.2) is 40.8 Å². The highest BCUT2D eigenvalue weighted by Gasteiger charge is 2.32. The number of aryl methyl sites for hydroxylation is 2. The predicted octanol–water partition coefficient (Wildman–Crippen LogP) is 3.00. The summed E-state index contributed by atoms with van der Waals surface area (Å²) in [5.74, 6) is 1.31. The zero-order valence-electron chi connectivity index (χ0n) is 15.5. The summed E-state index contributed by atoms with van der Waals surface area (Å²) in [7, 11) is 0. The van der Waals surface area contributed by atoms with Gasteiger partial charge in [0.15, 0.2) is 0 Å². The van der Waals surface area contributed by atoms with Crippen LogP contribution in [0, 0.1) is 5.92 Å². The molecule has 1 fully saturated rings. The van der Waals surface area contributed by atoms with Crippen LogP contribution >= 0.6 is 0 Å². The minimum atomic E-state index is -0.270. The summed E-state index contributed by atoms with van der Waals surface area (Å²) in [6, 6.07) is 8.68. The Balaban J connectivity index is 1.46. The first kappa shape index (κ1) is 17.5. The van der Waals surface area contributed by atoms with Crippen molar-refractivity contribution in [2.75, 3.05) is 19.7 Å². The van der Waals surface area contributed by atoms with Crippen molar-refractivity contribution in [2.45, 2.75) is 45.3 Å². The number of benzene rings is 1. The summed E-state index contributed by atoms with van der Waals surface area (Å²) in [5, 5.41) is 10.5. The second-order valence-electron chi connectivity index (χ2n) is 7.60. The molecule has 2 aromatic rings. The van der Waals surface area contributed by atoms with E-state index in [0.717, 1.165) is 31.8 Å². The van der Waals surface area contributed by atoms with Gasteiger partial charge in [-0.3, -0.25) is 9.88 Å². The topological polar surface area (TPSA) is 45.6 Å². The minimum Gasteiger partial charge on any atom is -0.494 e. The van der Waals surface area contributed by atoms with E-state index in [9.17, 15) is 5.11 Å². The molecule has 0 spiro atoms. The van der Waals surface area contributed by atoms with Gasteiger partial charge in [0.05, 0.1) is 12.7 Å². The summed E-state index contributed by atoms with van der Waals surface area (Å²) < 4.78 is 5.93. The highest BCUT2D eigenvalue weighted by Crippen LogP contribution is 2.32. The lowest BCUT2D eigenvalue weighted by atomic mass is 9.97. The number of β-amino-alcohol motifs (C(OH)–C–C–N with tert-alkyl or cyclic N) is 1. The van der Waals surface area contributed by atoms with Crippen LogP contribution in [0.2, 0.25) is 0 Å². The normalized spacial score (nSPS) is 22.5. The number of likely N-dealkylation sites (tertiary alicyclic amines) is 1. The highest BCUT2D eigenvalue weighted by molar-refractivity contribution is 5.45. The van der Waals surface area contributed by atoms with E-state index in [0.29, 0.717) is 6.61 Å². The molecule has 2 heterocycles. The van der Waals surface area contributed by atoms with Crippen LogP contribution in [0.4, 0.5) is 0 Å². The molecular formula is C22H28N2O2. The van der Waals surface area contributed by atoms with E-state index < -0.39 is 0 Å². The second-order valence-corrected chi connectivity index (χ2v) is 7.60. The molecule has 1 aliphatic heterocycles. The fourth-order valence-electron chi connectivity index (χ4n) is 4.40. The van der Waals surface area contributed by atoms with Gasteiger partial charge >= 0.3 is 0 Å². The molecule has 0 saturated carbocycles. The molecular weight excluding hydrogens is 324 g/mol. The van der Waals surface area contributed by atoms with Crippen LogP contribution in [0.1, 0.15) is 35.6 Å². The lowest BCUT2D eigenvalue weighted by Gasteiger charge is -2.19. The zero-order valence-corrected chi connectivity index (χ0v) is 15.5. The van der Waals surface area contributed by atoms with Crippen LogP contribution in [0.5, 0.6) is 5.75 Å². The summed E-state index contributed by atoms with van der Waals surface area (Å²) >= 11 is 0. The van der Waals surface area contributed by atoms with Crippen molar-refractivity contribution in [3.05, 3.63) is 58.9 Å². The lowest BCUT2D eigenvalue weighted by molar-refractivity contribution is 0.141. The lowest BCUT2D eigenvalue weighted by Crippen LogP contribution is -2.22. The van der Waals surface area contributed by atoms with Crippen molar-refractivity contribution in [1.82, 2.24) is 9.88 Å². The number of fused-ring (bicyclic) bond motifs is 1. The Hall–Kier alpha value is -1.91. The number of hydrogen-bond donors (Lipinski definition) is 1. The summed E-state index contributed by atoms with van der Waals surface area (Å²) in [4.78, 5) is 6.45. The van der Waals surface area contributed by atoms with Crippen molar-refractivity contribution in [3.63, 3.8) is 0 Å². The quantitative estimate of drug-likeness (QED) is 0.868. The van der Waals surface area contributed by atoms with Crippen LogP contribution in [0.25, 0.3) is 0 Å². The monoisotopic (exact) mass is 352 g/mol. The fourth-order valence-corrected chi connectivity index (χ4v) is 4.40. The number of aliphatic hydroxyl groups is 1. The number of nitrogens with zero attached hydrogens (tertiary/aromatic N) is 2. The van der Waals surface area contributed by atoms with Gasteiger partial charge in [-0.25, -0.2) is 0 Å². The van der Waals surface area contributed by atoms with E-state index in [1.54, 1.807) is 0 Å². The predicted molar refractivity (Wildman–Crippen MR) is 102 cm³/mol. The van der Waals surface area contributed by atoms with E-state index >= 15 is 0 Å². The van der Waals surface area contributed by atoms with Gasteiger partial charge < -0.3 is 9.84 Å². The molecule has 4 rings (SSSR count). The number of pyridine rings is 1. The zero-order chi connectivity index (χ0) is 17.9. The minimum absolute atomic E-state index is 0.270. The third-order valence-corrected chi connectivity index (χ3v) is 5.70. The maximum absolute atomic E-state index is 10.5. The van der Waals surface area contributed by atoms with E-state index in [4.69, 9.17) is 4.74 Å². The molecule has 0 unspecified atom stereocenters. The van der Waals surface area contributed by atoms with Crippen molar-refractivity contribution in [2.24, 2.45) is 5.92 Å². The van der Waals surface area contributed by atoms with Gasteiger partial charge in [0, 0.05) is 43.5 Å². The first-order chi connectivity index (χ1) is 12.7. The first-order valence-electron chi connectivity index (χ1n) is 9.79. The summed E-state index contributed by atoms with van der Waals surface area (Å²) in [6.45, 7) is 5.25. The molecule has 0 radical (unpaired) electrons. The SMILES string of the molecule is CCOc1cc2c(cc1CN1C[C@@H](Cc3ccncc3)[C@H](O)C1)CCC2. The van der Waals surface area contributed by atoms with E-state index in [-0.39, 0.29) is 12.0 Å². The standard InChI is InChI=1S/C22H28N2O2/c1-2-26-22-12-18-5-3-4-17(18)11-20(22)14-24-13-19(21(25)15-24)10-16-6-8-23-9-7-16/h6-9,11-12,19,21,25H,2-5,10,13-15H2,1H3/t19-,21-/m1/s1. The van der Waals surface area contributed by atoms with Gasteiger partial charge in [-0.2, -0.15) is 0 Å². The van der Waals surface area contributed by atoms with Gasteiger partial charge in [0.2, 0.25) is 0 Å². The maximum atomic E-state index is 10.5. The highest BCUT2D eigenvalue weighted by atomic mass is 16.5. The van der Waals surface area contributed by atoms with Crippen molar-refractivity contribution < 1.29 is 9.84 Å². The molecule has 1 saturated heterocycles. The van der Waals surface area contributed by atoms with Gasteiger partial charge in [-0.15, -0.1) is 0 Å². The molecule has 26 heavy (non-hydrogen) atoms.